The molecule has 4 aromatic rings. The van der Waals surface area contributed by atoms with Crippen molar-refractivity contribution in [1.82, 2.24) is 14.3 Å². The summed E-state index contributed by atoms with van der Waals surface area (Å²) in [7, 11) is 2.19. The zero-order chi connectivity index (χ0) is 30.9. The second kappa shape index (κ2) is 11.3. The number of alkyl halides is 5. The first-order chi connectivity index (χ1) is 19.7. The van der Waals surface area contributed by atoms with Gasteiger partial charge in [0.2, 0.25) is 0 Å². The van der Waals surface area contributed by atoms with Crippen LogP contribution in [0.3, 0.4) is 0 Å². The molecule has 0 spiro atoms. The van der Waals surface area contributed by atoms with E-state index >= 15 is 8.78 Å². The van der Waals surface area contributed by atoms with Crippen LogP contribution in [0.2, 0.25) is 0 Å². The minimum Gasteiger partial charge on any atom is -0.497 e. The van der Waals surface area contributed by atoms with E-state index in [-0.39, 0.29) is 17.1 Å². The van der Waals surface area contributed by atoms with Gasteiger partial charge in [0, 0.05) is 30.8 Å². The molecule has 2 aromatic carbocycles. The molecule has 1 N–H and O–H groups in total. The van der Waals surface area contributed by atoms with Gasteiger partial charge in [-0.3, -0.25) is 14.3 Å². The summed E-state index contributed by atoms with van der Waals surface area (Å²) >= 11 is 0. The number of hydrogen-bond donors (Lipinski definition) is 1. The van der Waals surface area contributed by atoms with Crippen LogP contribution in [0.1, 0.15) is 21.6 Å². The van der Waals surface area contributed by atoms with Crippen LogP contribution < -0.4 is 20.3 Å². The van der Waals surface area contributed by atoms with Crippen molar-refractivity contribution in [2.75, 3.05) is 12.4 Å². The van der Waals surface area contributed by atoms with E-state index in [4.69, 9.17) is 4.74 Å². The van der Waals surface area contributed by atoms with Crippen molar-refractivity contribution in [1.29, 1.82) is 5.26 Å². The summed E-state index contributed by atoms with van der Waals surface area (Å²) in [6, 6.07) is 8.46. The number of hydrogen-bond acceptors (Lipinski definition) is 6. The molecule has 0 aliphatic heterocycles. The third-order valence-electron chi connectivity index (χ3n) is 5.78. The summed E-state index contributed by atoms with van der Waals surface area (Å²) in [5.74, 6) is -4.88. The van der Waals surface area contributed by atoms with Crippen molar-refractivity contribution in [2.24, 2.45) is 7.05 Å². The van der Waals surface area contributed by atoms with Crippen molar-refractivity contribution in [2.45, 2.75) is 12.8 Å². The summed E-state index contributed by atoms with van der Waals surface area (Å²) in [6.45, 7) is -3.14. The third kappa shape index (κ3) is 5.75. The number of ether oxygens (including phenoxy) is 2. The minimum absolute atomic E-state index is 0.211. The van der Waals surface area contributed by atoms with Gasteiger partial charge in [0.05, 0.1) is 24.3 Å². The predicted molar refractivity (Wildman–Crippen MR) is 131 cm³/mol. The Morgan fingerprint density at radius 1 is 1.05 bits per heavy atom. The molecule has 0 radical (unpaired) electrons. The Morgan fingerprint density at radius 3 is 2.19 bits per heavy atom. The molecule has 16 heteroatoms. The molecule has 9 nitrogen and oxygen atoms in total. The smallest absolute Gasteiger partial charge is 0.433 e. The summed E-state index contributed by atoms with van der Waals surface area (Å²) < 4.78 is 106. The Bertz CT molecular complexity index is 1750. The Morgan fingerprint density at radius 2 is 1.67 bits per heavy atom. The summed E-state index contributed by atoms with van der Waals surface area (Å²) in [4.78, 5) is 30.0. The number of benzene rings is 2. The number of methoxy groups -OCH3 is 1. The Balaban J connectivity index is 1.95. The second-order valence-corrected chi connectivity index (χ2v) is 8.40. The summed E-state index contributed by atoms with van der Waals surface area (Å²) in [5, 5.41) is 11.4. The molecule has 0 fully saturated rings. The van der Waals surface area contributed by atoms with Crippen LogP contribution in [0.5, 0.6) is 11.5 Å². The molecular weight excluding hydrogens is 579 g/mol. The lowest BCUT2D eigenvalue weighted by molar-refractivity contribution is -0.141. The molecule has 2 aromatic heterocycles. The maximum Gasteiger partial charge on any atom is 0.433 e. The topological polar surface area (TPSA) is 111 Å². The number of pyridine rings is 1. The van der Waals surface area contributed by atoms with E-state index < -0.39 is 69.9 Å². The summed E-state index contributed by atoms with van der Waals surface area (Å²) in [6.07, 6.45) is -5.04. The molecule has 2 heterocycles. The lowest BCUT2D eigenvalue weighted by Gasteiger charge is -2.14. The summed E-state index contributed by atoms with van der Waals surface area (Å²) in [5.41, 5.74) is -5.83. The zero-order valence-corrected chi connectivity index (χ0v) is 21.3. The molecular formula is C26H16F7N5O4. The predicted octanol–water partition coefficient (Wildman–Crippen LogP) is 5.27. The number of nitrogens with one attached hydrogen (secondary N) is 1. The Labute approximate surface area is 230 Å². The SMILES string of the molecule is COc1cc(F)c(-c2c(NC(=O)c3ccc(OC(F)F)cc3)c(=O)n(-c3cc(C#N)cc(C(F)(F)F)n3)n2C)c(F)c1. The second-order valence-electron chi connectivity index (χ2n) is 8.40. The molecule has 4 rings (SSSR count). The number of rotatable bonds is 7. The first-order valence-corrected chi connectivity index (χ1v) is 11.5. The van der Waals surface area contributed by atoms with Crippen LogP contribution in [0.25, 0.3) is 17.1 Å². The monoisotopic (exact) mass is 595 g/mol. The van der Waals surface area contributed by atoms with Gasteiger partial charge in [-0.25, -0.2) is 13.8 Å². The molecule has 0 unspecified atom stereocenters. The molecule has 218 valence electrons. The Kier molecular flexibility index (Phi) is 7.96. The van der Waals surface area contributed by atoms with Gasteiger partial charge >= 0.3 is 12.8 Å². The van der Waals surface area contributed by atoms with E-state index in [0.717, 1.165) is 61.3 Å². The van der Waals surface area contributed by atoms with Crippen LogP contribution in [0.4, 0.5) is 36.4 Å². The van der Waals surface area contributed by atoms with Crippen molar-refractivity contribution in [3.8, 4) is 34.6 Å². The number of anilines is 1. The molecule has 0 aliphatic rings. The average molecular weight is 595 g/mol. The largest absolute Gasteiger partial charge is 0.497 e. The lowest BCUT2D eigenvalue weighted by Crippen LogP contribution is -2.24. The molecule has 0 bridgehead atoms. The third-order valence-corrected chi connectivity index (χ3v) is 5.78. The maximum absolute atomic E-state index is 15.2. The minimum atomic E-state index is -5.04. The number of carbonyl (C=O) groups excluding carboxylic acids is 1. The van der Waals surface area contributed by atoms with Crippen molar-refractivity contribution < 1.29 is 45.0 Å². The highest BCUT2D eigenvalue weighted by Crippen LogP contribution is 2.35. The van der Waals surface area contributed by atoms with Gasteiger partial charge in [-0.05, 0) is 30.3 Å². The average Bonchev–Trinajstić information content (AvgIpc) is 3.16. The van der Waals surface area contributed by atoms with Gasteiger partial charge in [-0.2, -0.15) is 31.9 Å². The van der Waals surface area contributed by atoms with Gasteiger partial charge < -0.3 is 14.8 Å². The maximum atomic E-state index is 15.2. The normalized spacial score (nSPS) is 11.4. The van der Waals surface area contributed by atoms with Crippen LogP contribution in [-0.2, 0) is 13.2 Å². The van der Waals surface area contributed by atoms with Gasteiger partial charge in [-0.1, -0.05) is 0 Å². The van der Waals surface area contributed by atoms with E-state index in [2.05, 4.69) is 15.0 Å². The highest BCUT2D eigenvalue weighted by atomic mass is 19.4. The molecule has 0 saturated carbocycles. The quantitative estimate of drug-likeness (QED) is 0.292. The number of aromatic nitrogens is 3. The van der Waals surface area contributed by atoms with Crippen molar-refractivity contribution in [3.05, 3.63) is 87.3 Å². The van der Waals surface area contributed by atoms with E-state index in [9.17, 15) is 36.8 Å². The number of nitrogens with zero attached hydrogens (tertiary/aromatic N) is 4. The molecule has 1 amide bonds. The lowest BCUT2D eigenvalue weighted by atomic mass is 10.1. The number of halogens is 7. The molecule has 42 heavy (non-hydrogen) atoms. The first-order valence-electron chi connectivity index (χ1n) is 11.5. The van der Waals surface area contributed by atoms with E-state index in [1.807, 2.05) is 0 Å². The molecule has 0 atom stereocenters. The fourth-order valence-corrected chi connectivity index (χ4v) is 3.96. The van der Waals surface area contributed by atoms with E-state index in [0.29, 0.717) is 10.7 Å². The Hall–Kier alpha value is -5.33. The van der Waals surface area contributed by atoms with Crippen molar-refractivity contribution >= 4 is 11.6 Å². The molecule has 0 aliphatic carbocycles. The van der Waals surface area contributed by atoms with Crippen LogP contribution >= 0.6 is 0 Å². The van der Waals surface area contributed by atoms with Crippen LogP contribution in [0.15, 0.2) is 53.3 Å². The fourth-order valence-electron chi connectivity index (χ4n) is 3.96. The number of amides is 1. The van der Waals surface area contributed by atoms with E-state index in [1.165, 1.54) is 6.07 Å². The number of nitriles is 1. The van der Waals surface area contributed by atoms with Gasteiger partial charge in [0.1, 0.15) is 40.2 Å². The van der Waals surface area contributed by atoms with Gasteiger partial charge in [0.25, 0.3) is 11.5 Å². The van der Waals surface area contributed by atoms with Gasteiger partial charge in [-0.15, -0.1) is 0 Å². The van der Waals surface area contributed by atoms with E-state index in [1.54, 1.807) is 0 Å². The van der Waals surface area contributed by atoms with Crippen LogP contribution in [0, 0.1) is 23.0 Å². The van der Waals surface area contributed by atoms with Gasteiger partial charge in [0.15, 0.2) is 5.82 Å². The first kappa shape index (κ1) is 29.6. The standard InChI is InChI=1S/C26H16F7N5O4/c1-37-22(20-16(27)9-15(41-2)10-17(20)28)21(36-23(39)13-3-5-14(6-4-13)42-25(29)30)24(40)38(37)19-8-12(11-34)7-18(35-19)26(31,32)33/h3-10,25H,1-2H3,(H,36,39). The fraction of sp³-hybridized carbons (Fsp3) is 0.154. The molecule has 0 saturated heterocycles. The zero-order valence-electron chi connectivity index (χ0n) is 21.3. The number of carbonyl (C=O) groups is 1. The highest BCUT2D eigenvalue weighted by Gasteiger charge is 2.35. The highest BCUT2D eigenvalue weighted by molar-refractivity contribution is 6.06. The van der Waals surface area contributed by atoms with Crippen molar-refractivity contribution in [3.63, 3.8) is 0 Å². The van der Waals surface area contributed by atoms with Crippen LogP contribution in [-0.4, -0.2) is 34.0 Å².